The molecule has 0 aliphatic heterocycles. The predicted molar refractivity (Wildman–Crippen MR) is 100.0 cm³/mol. The Bertz CT molecular complexity index is 861. The molecule has 9 nitrogen and oxygen atoms in total. The largest absolute Gasteiger partial charge is 0.480 e. The van der Waals surface area contributed by atoms with Gasteiger partial charge in [-0.25, -0.2) is 14.4 Å². The Balaban J connectivity index is 2.19. The number of nitrogens with one attached hydrogen (secondary N) is 3. The summed E-state index contributed by atoms with van der Waals surface area (Å²) in [6.07, 6.45) is 2.20. The van der Waals surface area contributed by atoms with E-state index in [1.807, 2.05) is 29.4 Å². The van der Waals surface area contributed by atoms with Gasteiger partial charge < -0.3 is 25.2 Å². The van der Waals surface area contributed by atoms with Crippen LogP contribution < -0.4 is 10.4 Å². The summed E-state index contributed by atoms with van der Waals surface area (Å²) < 4.78 is 11.3. The van der Waals surface area contributed by atoms with Crippen LogP contribution in [-0.4, -0.2) is 43.8 Å². The van der Waals surface area contributed by atoms with Crippen molar-refractivity contribution in [2.24, 2.45) is 5.92 Å². The number of hydrogen-bond donors (Lipinski definition) is 6. The van der Waals surface area contributed by atoms with E-state index in [0.29, 0.717) is 6.42 Å². The smallest absolute Gasteiger partial charge is 0.401 e. The number of H-pyrrole nitrogens is 1. The molecule has 1 heterocycles. The van der Waals surface area contributed by atoms with Gasteiger partial charge in [0, 0.05) is 23.5 Å². The SMILES string of the molecule is CCC(C)C(NP(=O)(O)O)C(=O)NC(Cc1c[nH]c2ccccc12)C(=O)O. The lowest BCUT2D eigenvalue weighted by atomic mass is 9.98. The summed E-state index contributed by atoms with van der Waals surface area (Å²) in [6.45, 7) is 3.43. The fourth-order valence-electron chi connectivity index (χ4n) is 2.84. The Hall–Kier alpha value is -2.19. The minimum absolute atomic E-state index is 0.0359. The highest BCUT2D eigenvalue weighted by Crippen LogP contribution is 2.31. The van der Waals surface area contributed by atoms with E-state index >= 15 is 0 Å². The molecule has 0 radical (unpaired) electrons. The maximum Gasteiger partial charge on any atom is 0.401 e. The van der Waals surface area contributed by atoms with Gasteiger partial charge in [0.2, 0.25) is 5.91 Å². The van der Waals surface area contributed by atoms with Crippen molar-refractivity contribution in [3.05, 3.63) is 36.0 Å². The molecule has 3 unspecified atom stereocenters. The van der Waals surface area contributed by atoms with Gasteiger partial charge >= 0.3 is 13.7 Å². The van der Waals surface area contributed by atoms with E-state index in [1.54, 1.807) is 20.0 Å². The molecular weight excluding hydrogens is 373 g/mol. The number of aromatic nitrogens is 1. The highest BCUT2D eigenvalue weighted by Gasteiger charge is 2.33. The summed E-state index contributed by atoms with van der Waals surface area (Å²) in [6, 6.07) is 4.94. The molecule has 148 valence electrons. The van der Waals surface area contributed by atoms with E-state index in [1.165, 1.54) is 0 Å². The Morgan fingerprint density at radius 3 is 2.52 bits per heavy atom. The Morgan fingerprint density at radius 1 is 1.26 bits per heavy atom. The van der Waals surface area contributed by atoms with Gasteiger partial charge in [0.15, 0.2) is 0 Å². The summed E-state index contributed by atoms with van der Waals surface area (Å²) in [7, 11) is -4.66. The molecule has 0 saturated carbocycles. The molecule has 0 aliphatic carbocycles. The number of rotatable bonds is 9. The normalized spacial score (nSPS) is 15.3. The van der Waals surface area contributed by atoms with E-state index in [9.17, 15) is 19.3 Å². The summed E-state index contributed by atoms with van der Waals surface area (Å²) in [5, 5.41) is 14.8. The molecule has 2 aromatic rings. The first-order chi connectivity index (χ1) is 12.6. The number of aliphatic carboxylic acids is 1. The summed E-state index contributed by atoms with van der Waals surface area (Å²) in [5.41, 5.74) is 1.57. The first kappa shape index (κ1) is 21.1. The standard InChI is InChI=1S/C17H24N3O6P/c1-3-10(2)15(20-27(24,25)26)16(21)19-14(17(22)23)8-11-9-18-13-7-5-4-6-12(11)13/h4-7,9-10,14-15,18H,3,8H2,1-2H3,(H,19,21)(H,22,23)(H3,20,24,25,26). The first-order valence-corrected chi connectivity index (χ1v) is 10.1. The number of carboxylic acids is 1. The summed E-state index contributed by atoms with van der Waals surface area (Å²) in [4.78, 5) is 45.5. The fraction of sp³-hybridized carbons (Fsp3) is 0.412. The minimum atomic E-state index is -4.66. The zero-order valence-electron chi connectivity index (χ0n) is 15.0. The lowest BCUT2D eigenvalue weighted by molar-refractivity contribution is -0.142. The fourth-order valence-corrected chi connectivity index (χ4v) is 3.58. The van der Waals surface area contributed by atoms with Crippen LogP contribution in [0.15, 0.2) is 30.5 Å². The first-order valence-electron chi connectivity index (χ1n) is 8.54. The van der Waals surface area contributed by atoms with Crippen LogP contribution in [0.25, 0.3) is 10.9 Å². The highest BCUT2D eigenvalue weighted by molar-refractivity contribution is 7.49. The molecule has 1 aromatic heterocycles. The second-order valence-corrected chi connectivity index (χ2v) is 7.85. The van der Waals surface area contributed by atoms with Gasteiger partial charge in [-0.1, -0.05) is 38.5 Å². The molecule has 0 saturated heterocycles. The van der Waals surface area contributed by atoms with Crippen molar-refractivity contribution in [3.63, 3.8) is 0 Å². The third-order valence-electron chi connectivity index (χ3n) is 4.52. The summed E-state index contributed by atoms with van der Waals surface area (Å²) >= 11 is 0. The predicted octanol–water partition coefficient (Wildman–Crippen LogP) is 1.38. The van der Waals surface area contributed by atoms with Crippen molar-refractivity contribution in [3.8, 4) is 0 Å². The van der Waals surface area contributed by atoms with Crippen molar-refractivity contribution in [2.75, 3.05) is 0 Å². The van der Waals surface area contributed by atoms with Crippen LogP contribution >= 0.6 is 7.75 Å². The molecule has 0 aliphatic rings. The Kier molecular flexibility index (Phi) is 6.78. The Morgan fingerprint density at radius 2 is 1.93 bits per heavy atom. The Labute approximate surface area is 156 Å². The molecule has 1 aromatic carbocycles. The molecule has 0 bridgehead atoms. The molecule has 1 amide bonds. The van der Waals surface area contributed by atoms with Crippen LogP contribution in [0, 0.1) is 5.92 Å². The number of amides is 1. The van der Waals surface area contributed by atoms with Crippen molar-refractivity contribution in [1.29, 1.82) is 0 Å². The lowest BCUT2D eigenvalue weighted by Crippen LogP contribution is -2.52. The van der Waals surface area contributed by atoms with Crippen LogP contribution in [0.3, 0.4) is 0 Å². The third-order valence-corrected chi connectivity index (χ3v) is 5.13. The second kappa shape index (κ2) is 8.67. The zero-order chi connectivity index (χ0) is 20.2. The molecule has 10 heteroatoms. The zero-order valence-corrected chi connectivity index (χ0v) is 15.9. The maximum absolute atomic E-state index is 12.5. The van der Waals surface area contributed by atoms with E-state index in [0.717, 1.165) is 16.5 Å². The van der Waals surface area contributed by atoms with Crippen LogP contribution in [0.4, 0.5) is 0 Å². The number of hydrogen-bond acceptors (Lipinski definition) is 3. The third kappa shape index (κ3) is 5.64. The minimum Gasteiger partial charge on any atom is -0.480 e. The molecule has 0 fully saturated rings. The van der Waals surface area contributed by atoms with Crippen LogP contribution in [0.1, 0.15) is 25.8 Å². The summed E-state index contributed by atoms with van der Waals surface area (Å²) in [5.74, 6) is -2.40. The van der Waals surface area contributed by atoms with Gasteiger partial charge in [0.05, 0.1) is 6.04 Å². The number of fused-ring (bicyclic) bond motifs is 1. The van der Waals surface area contributed by atoms with Crippen molar-refractivity contribution >= 4 is 30.5 Å². The quantitative estimate of drug-likeness (QED) is 0.350. The molecule has 3 atom stereocenters. The van der Waals surface area contributed by atoms with Gasteiger partial charge in [0.25, 0.3) is 0 Å². The van der Waals surface area contributed by atoms with Crippen molar-refractivity contribution in [2.45, 2.75) is 38.8 Å². The lowest BCUT2D eigenvalue weighted by Gasteiger charge is -2.25. The number of carboxylic acid groups (broad SMARTS) is 1. The maximum atomic E-state index is 12.5. The number of benzene rings is 1. The van der Waals surface area contributed by atoms with E-state index in [-0.39, 0.29) is 6.42 Å². The van der Waals surface area contributed by atoms with Gasteiger partial charge in [0.1, 0.15) is 6.04 Å². The van der Waals surface area contributed by atoms with Gasteiger partial charge in [-0.3, -0.25) is 4.79 Å². The molecule has 6 N–H and O–H groups in total. The topological polar surface area (TPSA) is 152 Å². The average Bonchev–Trinajstić information content (AvgIpc) is 3.00. The van der Waals surface area contributed by atoms with Crippen molar-refractivity contribution in [1.82, 2.24) is 15.4 Å². The van der Waals surface area contributed by atoms with Gasteiger partial charge in [-0.2, -0.15) is 0 Å². The van der Waals surface area contributed by atoms with Crippen LogP contribution in [-0.2, 0) is 20.6 Å². The second-order valence-electron chi connectivity index (χ2n) is 6.50. The van der Waals surface area contributed by atoms with E-state index < -0.39 is 37.6 Å². The highest BCUT2D eigenvalue weighted by atomic mass is 31.2. The number of aromatic amines is 1. The monoisotopic (exact) mass is 397 g/mol. The van der Waals surface area contributed by atoms with Crippen LogP contribution in [0.2, 0.25) is 0 Å². The van der Waals surface area contributed by atoms with E-state index in [2.05, 4.69) is 10.3 Å². The average molecular weight is 397 g/mol. The molecule has 2 rings (SSSR count). The number of carbonyl (C=O) groups excluding carboxylic acids is 1. The molecular formula is C17H24N3O6P. The van der Waals surface area contributed by atoms with Gasteiger partial charge in [-0.05, 0) is 17.5 Å². The van der Waals surface area contributed by atoms with E-state index in [4.69, 9.17) is 9.79 Å². The number of carbonyl (C=O) groups is 2. The van der Waals surface area contributed by atoms with Gasteiger partial charge in [-0.15, -0.1) is 0 Å². The molecule has 27 heavy (non-hydrogen) atoms. The van der Waals surface area contributed by atoms with Crippen molar-refractivity contribution < 1.29 is 29.0 Å². The molecule has 0 spiro atoms. The van der Waals surface area contributed by atoms with Crippen LogP contribution in [0.5, 0.6) is 0 Å². The number of para-hydroxylation sites is 1.